The highest BCUT2D eigenvalue weighted by Crippen LogP contribution is 1.94. The molecule has 3 heteroatoms. The van der Waals surface area contributed by atoms with Gasteiger partial charge in [-0.2, -0.15) is 0 Å². The third-order valence-electron chi connectivity index (χ3n) is 0.332. The molecule has 0 heterocycles. The van der Waals surface area contributed by atoms with Crippen molar-refractivity contribution in [3.8, 4) is 0 Å². The Morgan fingerprint density at radius 2 is 2.43 bits per heavy atom. The minimum absolute atomic E-state index is 0.408. The molecule has 0 aliphatic heterocycles. The van der Waals surface area contributed by atoms with Crippen molar-refractivity contribution in [1.82, 2.24) is 0 Å². The number of halogens is 2. The Hall–Kier alpha value is -0.0100. The third-order valence-corrected chi connectivity index (χ3v) is 0.589. The Kier molecular flexibility index (Phi) is 4.15. The zero-order chi connectivity index (χ0) is 5.70. The Bertz CT molecular complexity index is 87.7. The highest BCUT2D eigenvalue weighted by Gasteiger charge is 1.77. The molecule has 0 aromatic rings. The van der Waals surface area contributed by atoms with Gasteiger partial charge in [0.15, 0.2) is 0 Å². The van der Waals surface area contributed by atoms with Crippen LogP contribution in [0.5, 0.6) is 0 Å². The topological polar surface area (TPSA) is 12.4 Å². The lowest BCUT2D eigenvalue weighted by molar-refractivity contribution is 1.25. The van der Waals surface area contributed by atoms with Crippen LogP contribution in [-0.2, 0) is 0 Å². The Morgan fingerprint density at radius 1 is 1.86 bits per heavy atom. The van der Waals surface area contributed by atoms with Crippen molar-refractivity contribution in [1.29, 1.82) is 0 Å². The lowest BCUT2D eigenvalue weighted by atomic mass is 10.6. The van der Waals surface area contributed by atoms with Crippen LogP contribution >= 0.6 is 23.2 Å². The van der Waals surface area contributed by atoms with Crippen LogP contribution in [0.3, 0.4) is 0 Å². The predicted molar refractivity (Wildman–Crippen MR) is 34.2 cm³/mol. The van der Waals surface area contributed by atoms with Gasteiger partial charge in [-0.25, -0.2) is 0 Å². The maximum atomic E-state index is 5.29. The van der Waals surface area contributed by atoms with E-state index in [1.807, 2.05) is 0 Å². The molecule has 0 aromatic carbocycles. The fourth-order valence-electron chi connectivity index (χ4n) is 0.134. The van der Waals surface area contributed by atoms with Crippen molar-refractivity contribution in [3.05, 3.63) is 11.6 Å². The summed E-state index contributed by atoms with van der Waals surface area (Å²) in [6.07, 6.45) is 0. The molecule has 0 atom stereocenters. The van der Waals surface area contributed by atoms with Crippen molar-refractivity contribution >= 4 is 28.9 Å². The van der Waals surface area contributed by atoms with E-state index in [0.29, 0.717) is 11.6 Å². The molecule has 0 amide bonds. The SMILES string of the molecule is C=C(Cl)CN=CCl. The summed E-state index contributed by atoms with van der Waals surface area (Å²) >= 11 is 10.3. The molecular formula is C4H5Cl2N. The van der Waals surface area contributed by atoms with E-state index < -0.39 is 0 Å². The highest BCUT2D eigenvalue weighted by atomic mass is 35.5. The molecule has 0 aromatic heterocycles. The predicted octanol–water partition coefficient (Wildman–Crippen LogP) is 2.01. The van der Waals surface area contributed by atoms with Gasteiger partial charge in [0.2, 0.25) is 0 Å². The van der Waals surface area contributed by atoms with Crippen LogP contribution in [-0.4, -0.2) is 12.2 Å². The molecule has 0 fully saturated rings. The van der Waals surface area contributed by atoms with Gasteiger partial charge in [0.25, 0.3) is 0 Å². The van der Waals surface area contributed by atoms with Gasteiger partial charge in [-0.05, 0) is 0 Å². The highest BCUT2D eigenvalue weighted by molar-refractivity contribution is 6.56. The quantitative estimate of drug-likeness (QED) is 0.517. The van der Waals surface area contributed by atoms with Crippen LogP contribution in [0.2, 0.25) is 0 Å². The Morgan fingerprint density at radius 3 is 2.57 bits per heavy atom. The molecule has 0 aliphatic rings. The molecule has 0 bridgehead atoms. The molecule has 0 unspecified atom stereocenters. The number of nitrogens with zero attached hydrogens (tertiary/aromatic N) is 1. The van der Waals surface area contributed by atoms with Crippen molar-refractivity contribution in [2.45, 2.75) is 0 Å². The summed E-state index contributed by atoms with van der Waals surface area (Å²) in [4.78, 5) is 3.58. The van der Waals surface area contributed by atoms with E-state index in [0.717, 1.165) is 0 Å². The standard InChI is InChI=1S/C4H5Cl2N/c1-4(6)2-7-3-5/h3H,1-2H2. The molecule has 0 spiro atoms. The lowest BCUT2D eigenvalue weighted by Crippen LogP contribution is -1.73. The van der Waals surface area contributed by atoms with E-state index in [1.165, 1.54) is 5.67 Å². The summed E-state index contributed by atoms with van der Waals surface area (Å²) in [6.45, 7) is 3.79. The fraction of sp³-hybridized carbons (Fsp3) is 0.250. The summed E-state index contributed by atoms with van der Waals surface area (Å²) in [5.41, 5.74) is 1.17. The van der Waals surface area contributed by atoms with Crippen LogP contribution in [0, 0.1) is 0 Å². The van der Waals surface area contributed by atoms with Gasteiger partial charge in [0.1, 0.15) is 0 Å². The maximum Gasteiger partial charge on any atom is 0.0875 e. The van der Waals surface area contributed by atoms with Gasteiger partial charge < -0.3 is 0 Å². The average molecular weight is 138 g/mol. The largest absolute Gasteiger partial charge is 0.275 e. The van der Waals surface area contributed by atoms with E-state index in [9.17, 15) is 0 Å². The van der Waals surface area contributed by atoms with Crippen LogP contribution in [0.25, 0.3) is 0 Å². The summed E-state index contributed by atoms with van der Waals surface area (Å²) in [7, 11) is 0. The first-order valence-corrected chi connectivity index (χ1v) is 2.50. The number of hydrogen-bond acceptors (Lipinski definition) is 1. The monoisotopic (exact) mass is 137 g/mol. The molecule has 0 saturated heterocycles. The van der Waals surface area contributed by atoms with Gasteiger partial charge in [-0.15, -0.1) is 0 Å². The van der Waals surface area contributed by atoms with Gasteiger partial charge in [0.05, 0.1) is 12.2 Å². The molecule has 40 valence electrons. The van der Waals surface area contributed by atoms with Crippen molar-refractivity contribution < 1.29 is 0 Å². The molecular weight excluding hydrogens is 133 g/mol. The van der Waals surface area contributed by atoms with E-state index in [1.54, 1.807) is 0 Å². The van der Waals surface area contributed by atoms with Gasteiger partial charge in [-0.3, -0.25) is 4.99 Å². The summed E-state index contributed by atoms with van der Waals surface area (Å²) in [5, 5.41) is 0.497. The van der Waals surface area contributed by atoms with Crippen LogP contribution in [0.4, 0.5) is 0 Å². The first-order chi connectivity index (χ1) is 3.27. The Labute approximate surface area is 52.6 Å². The van der Waals surface area contributed by atoms with Crippen LogP contribution in [0.1, 0.15) is 0 Å². The van der Waals surface area contributed by atoms with Gasteiger partial charge >= 0.3 is 0 Å². The van der Waals surface area contributed by atoms with Gasteiger partial charge in [-0.1, -0.05) is 29.8 Å². The second kappa shape index (κ2) is 4.16. The molecule has 0 N–H and O–H groups in total. The number of rotatable bonds is 2. The van der Waals surface area contributed by atoms with Crippen molar-refractivity contribution in [3.63, 3.8) is 0 Å². The van der Waals surface area contributed by atoms with E-state index in [-0.39, 0.29) is 0 Å². The van der Waals surface area contributed by atoms with Crippen LogP contribution < -0.4 is 0 Å². The summed E-state index contributed by atoms with van der Waals surface area (Å²) < 4.78 is 0. The van der Waals surface area contributed by atoms with Crippen molar-refractivity contribution in [2.75, 3.05) is 6.54 Å². The van der Waals surface area contributed by atoms with Crippen LogP contribution in [0.15, 0.2) is 16.6 Å². The zero-order valence-corrected chi connectivity index (χ0v) is 5.21. The molecule has 0 radical (unpaired) electrons. The first kappa shape index (κ1) is 6.99. The van der Waals surface area contributed by atoms with E-state index in [2.05, 4.69) is 11.6 Å². The summed E-state index contributed by atoms with van der Waals surface area (Å²) in [5.74, 6) is 0. The minimum Gasteiger partial charge on any atom is -0.275 e. The second-order valence-corrected chi connectivity index (χ2v) is 1.69. The minimum atomic E-state index is 0.408. The maximum absolute atomic E-state index is 5.29. The lowest BCUT2D eigenvalue weighted by Gasteiger charge is -1.81. The second-order valence-electron chi connectivity index (χ2n) is 0.956. The fourth-order valence-corrected chi connectivity index (χ4v) is 0.272. The molecule has 0 rings (SSSR count). The molecule has 0 saturated carbocycles. The summed E-state index contributed by atoms with van der Waals surface area (Å²) in [6, 6.07) is 0. The average Bonchev–Trinajstić information content (AvgIpc) is 1.61. The third kappa shape index (κ3) is 5.99. The smallest absolute Gasteiger partial charge is 0.0875 e. The Balaban J connectivity index is 3.14. The van der Waals surface area contributed by atoms with Gasteiger partial charge in [0, 0.05) is 5.03 Å². The normalized spacial score (nSPS) is 10.0. The van der Waals surface area contributed by atoms with E-state index >= 15 is 0 Å². The molecule has 0 aliphatic carbocycles. The van der Waals surface area contributed by atoms with E-state index in [4.69, 9.17) is 23.2 Å². The zero-order valence-electron chi connectivity index (χ0n) is 3.69. The van der Waals surface area contributed by atoms with Crippen molar-refractivity contribution in [2.24, 2.45) is 4.99 Å². The molecule has 7 heavy (non-hydrogen) atoms. The first-order valence-electron chi connectivity index (χ1n) is 1.69. The number of hydrogen-bond donors (Lipinski definition) is 0. The molecule has 1 nitrogen and oxygen atoms in total. The number of aliphatic imine (C=N–C) groups is 1.